The van der Waals surface area contributed by atoms with E-state index >= 15 is 0 Å². The molecule has 6 nitrogen and oxygen atoms in total. The molecule has 0 atom stereocenters. The first-order valence-electron chi connectivity index (χ1n) is 8.73. The van der Waals surface area contributed by atoms with E-state index in [0.29, 0.717) is 15.7 Å². The lowest BCUT2D eigenvalue weighted by atomic mass is 10.2. The quantitative estimate of drug-likeness (QED) is 0.452. The fourth-order valence-electron chi connectivity index (χ4n) is 2.70. The van der Waals surface area contributed by atoms with Crippen molar-refractivity contribution < 1.29 is 18.7 Å². The summed E-state index contributed by atoms with van der Waals surface area (Å²) in [6, 6.07) is 16.9. The molecule has 0 fully saturated rings. The normalized spacial score (nSPS) is 10.8. The van der Waals surface area contributed by atoms with Gasteiger partial charge in [0.2, 0.25) is 5.89 Å². The number of hydrogen-bond acceptors (Lipinski definition) is 6. The first-order chi connectivity index (χ1) is 14.1. The van der Waals surface area contributed by atoms with E-state index in [1.807, 2.05) is 54.6 Å². The zero-order chi connectivity index (χ0) is 20.2. The number of ether oxygens (including phenoxy) is 1. The molecule has 2 heterocycles. The van der Waals surface area contributed by atoms with Crippen LogP contribution in [0.2, 0.25) is 5.02 Å². The molecule has 0 saturated carbocycles. The Morgan fingerprint density at radius 2 is 1.86 bits per heavy atom. The van der Waals surface area contributed by atoms with Gasteiger partial charge in [-0.05, 0) is 6.07 Å². The summed E-state index contributed by atoms with van der Waals surface area (Å²) in [4.78, 5) is 28.8. The molecule has 0 aliphatic rings. The molecule has 0 saturated heterocycles. The van der Waals surface area contributed by atoms with Crippen LogP contribution in [0.15, 0.2) is 65.2 Å². The van der Waals surface area contributed by atoms with Crippen molar-refractivity contribution >= 4 is 44.9 Å². The molecule has 0 spiro atoms. The lowest BCUT2D eigenvalue weighted by Crippen LogP contribution is -2.30. The van der Waals surface area contributed by atoms with E-state index in [1.165, 1.54) is 11.3 Å². The van der Waals surface area contributed by atoms with Gasteiger partial charge in [0, 0.05) is 15.6 Å². The second-order valence-electron chi connectivity index (χ2n) is 6.07. The first-order valence-corrected chi connectivity index (χ1v) is 9.92. The van der Waals surface area contributed by atoms with Crippen molar-refractivity contribution in [1.82, 2.24) is 10.3 Å². The number of carbonyl (C=O) groups is 2. The van der Waals surface area contributed by atoms with Crippen molar-refractivity contribution in [1.29, 1.82) is 0 Å². The van der Waals surface area contributed by atoms with Gasteiger partial charge in [-0.3, -0.25) is 9.59 Å². The second-order valence-corrected chi connectivity index (χ2v) is 7.50. The van der Waals surface area contributed by atoms with Gasteiger partial charge in [0.1, 0.15) is 11.4 Å². The van der Waals surface area contributed by atoms with E-state index in [9.17, 15) is 9.59 Å². The van der Waals surface area contributed by atoms with Gasteiger partial charge in [-0.15, -0.1) is 11.3 Å². The molecule has 146 valence electrons. The molecule has 0 aliphatic carbocycles. The third-order valence-electron chi connectivity index (χ3n) is 4.10. The van der Waals surface area contributed by atoms with Crippen LogP contribution in [0.25, 0.3) is 21.4 Å². The molecule has 0 bridgehead atoms. The Balaban J connectivity index is 1.30. The van der Waals surface area contributed by atoms with Crippen molar-refractivity contribution in [2.24, 2.45) is 0 Å². The lowest BCUT2D eigenvalue weighted by Gasteiger charge is -2.04. The summed E-state index contributed by atoms with van der Waals surface area (Å²) in [5.41, 5.74) is 0.880. The summed E-state index contributed by atoms with van der Waals surface area (Å²) in [6.45, 7) is -0.402. The highest BCUT2D eigenvalue weighted by molar-refractivity contribution is 7.21. The number of nitrogens with one attached hydrogen (secondary N) is 1. The predicted molar refractivity (Wildman–Crippen MR) is 111 cm³/mol. The van der Waals surface area contributed by atoms with Crippen molar-refractivity contribution in [2.75, 3.05) is 6.54 Å². The number of esters is 1. The zero-order valence-corrected chi connectivity index (χ0v) is 16.6. The number of amides is 1. The van der Waals surface area contributed by atoms with Crippen LogP contribution in [0.5, 0.6) is 0 Å². The van der Waals surface area contributed by atoms with Gasteiger partial charge in [0.15, 0.2) is 12.4 Å². The smallest absolute Gasteiger partial charge is 0.325 e. The molecule has 4 aromatic rings. The first kappa shape index (κ1) is 19.2. The molecule has 0 aliphatic heterocycles. The summed E-state index contributed by atoms with van der Waals surface area (Å²) in [5, 5.41) is 3.72. The summed E-state index contributed by atoms with van der Waals surface area (Å²) >= 11 is 7.55. The van der Waals surface area contributed by atoms with E-state index in [0.717, 1.165) is 15.6 Å². The minimum atomic E-state index is -0.602. The Kier molecular flexibility index (Phi) is 5.59. The zero-order valence-electron chi connectivity index (χ0n) is 15.1. The Labute approximate surface area is 175 Å². The van der Waals surface area contributed by atoms with Gasteiger partial charge in [-0.2, -0.15) is 0 Å². The number of nitrogens with zero attached hydrogens (tertiary/aromatic N) is 1. The molecule has 1 amide bonds. The minimum absolute atomic E-state index is 0.120. The number of fused-ring (bicyclic) bond motifs is 1. The number of thiophene rings is 1. The summed E-state index contributed by atoms with van der Waals surface area (Å²) in [7, 11) is 0. The number of benzene rings is 2. The van der Waals surface area contributed by atoms with Gasteiger partial charge >= 0.3 is 5.97 Å². The standard InChI is InChI=1S/C21H15ClN2O4S/c22-19-14-8-4-5-9-16(14)29-20(19)21(26)24-11-18(25)27-12-17-23-10-15(28-17)13-6-2-1-3-7-13/h1-10H,11-12H2,(H,24,26). The number of hydrogen-bond donors (Lipinski definition) is 1. The van der Waals surface area contributed by atoms with E-state index in [-0.39, 0.29) is 19.0 Å². The molecule has 1 N–H and O–H groups in total. The van der Waals surface area contributed by atoms with Crippen molar-refractivity contribution in [3.8, 4) is 11.3 Å². The van der Waals surface area contributed by atoms with Crippen LogP contribution in [0.3, 0.4) is 0 Å². The van der Waals surface area contributed by atoms with Crippen LogP contribution in [-0.2, 0) is 16.1 Å². The number of aromatic nitrogens is 1. The maximum absolute atomic E-state index is 12.4. The van der Waals surface area contributed by atoms with E-state index < -0.39 is 11.9 Å². The van der Waals surface area contributed by atoms with E-state index in [4.69, 9.17) is 20.8 Å². The van der Waals surface area contributed by atoms with Crippen LogP contribution in [0.4, 0.5) is 0 Å². The van der Waals surface area contributed by atoms with Crippen LogP contribution in [0, 0.1) is 0 Å². The summed E-state index contributed by atoms with van der Waals surface area (Å²) in [5.74, 6) is -0.161. The van der Waals surface area contributed by atoms with Gasteiger partial charge in [0.25, 0.3) is 5.91 Å². The van der Waals surface area contributed by atoms with Gasteiger partial charge < -0.3 is 14.5 Å². The third kappa shape index (κ3) is 4.31. The fourth-order valence-corrected chi connectivity index (χ4v) is 4.13. The van der Waals surface area contributed by atoms with Gasteiger partial charge in [0.05, 0.1) is 11.2 Å². The predicted octanol–water partition coefficient (Wildman–Crippen LogP) is 4.68. The van der Waals surface area contributed by atoms with Crippen molar-refractivity contribution in [3.63, 3.8) is 0 Å². The molecule has 0 radical (unpaired) electrons. The summed E-state index contributed by atoms with van der Waals surface area (Å²) < 4.78 is 11.6. The maximum atomic E-state index is 12.4. The van der Waals surface area contributed by atoms with Crippen molar-refractivity contribution in [2.45, 2.75) is 6.61 Å². The molecule has 29 heavy (non-hydrogen) atoms. The van der Waals surface area contributed by atoms with Crippen LogP contribution >= 0.6 is 22.9 Å². The molecular weight excluding hydrogens is 412 g/mol. The summed E-state index contributed by atoms with van der Waals surface area (Å²) in [6.07, 6.45) is 1.57. The van der Waals surface area contributed by atoms with E-state index in [1.54, 1.807) is 6.20 Å². The number of halogens is 1. The minimum Gasteiger partial charge on any atom is -0.454 e. The van der Waals surface area contributed by atoms with Crippen LogP contribution < -0.4 is 5.32 Å². The maximum Gasteiger partial charge on any atom is 0.325 e. The van der Waals surface area contributed by atoms with E-state index in [2.05, 4.69) is 10.3 Å². The van der Waals surface area contributed by atoms with Crippen LogP contribution in [-0.4, -0.2) is 23.4 Å². The highest BCUT2D eigenvalue weighted by atomic mass is 35.5. The molecule has 4 rings (SSSR count). The molecular formula is C21H15ClN2O4S. The monoisotopic (exact) mass is 426 g/mol. The SMILES string of the molecule is O=C(CNC(=O)c1sc2ccccc2c1Cl)OCc1ncc(-c2ccccc2)o1. The molecule has 8 heteroatoms. The Morgan fingerprint density at radius 3 is 2.66 bits per heavy atom. The second kappa shape index (κ2) is 8.46. The highest BCUT2D eigenvalue weighted by Crippen LogP contribution is 2.34. The Hall–Kier alpha value is -3.16. The average Bonchev–Trinajstić information content (AvgIpc) is 3.36. The molecule has 2 aromatic carbocycles. The Bertz CT molecular complexity index is 1170. The lowest BCUT2D eigenvalue weighted by molar-refractivity contribution is -0.144. The topological polar surface area (TPSA) is 81.4 Å². The number of oxazole rings is 1. The van der Waals surface area contributed by atoms with Gasteiger partial charge in [-0.1, -0.05) is 60.1 Å². The third-order valence-corrected chi connectivity index (χ3v) is 5.78. The molecule has 2 aromatic heterocycles. The van der Waals surface area contributed by atoms with Gasteiger partial charge in [-0.25, -0.2) is 4.98 Å². The fraction of sp³-hybridized carbons (Fsp3) is 0.0952. The highest BCUT2D eigenvalue weighted by Gasteiger charge is 2.18. The number of rotatable bonds is 6. The Morgan fingerprint density at radius 1 is 1.10 bits per heavy atom. The average molecular weight is 427 g/mol. The molecule has 0 unspecified atom stereocenters. The van der Waals surface area contributed by atoms with Crippen molar-refractivity contribution in [3.05, 3.63) is 76.6 Å². The number of carbonyl (C=O) groups excluding carboxylic acids is 2. The van der Waals surface area contributed by atoms with Crippen LogP contribution in [0.1, 0.15) is 15.6 Å². The largest absolute Gasteiger partial charge is 0.454 e.